The molecule has 0 fully saturated rings. The molecule has 1 aromatic heterocycles. The summed E-state index contributed by atoms with van der Waals surface area (Å²) in [5, 5.41) is 0.647. The first-order valence-corrected chi connectivity index (χ1v) is 6.26. The molecule has 2 unspecified atom stereocenters. The fourth-order valence-corrected chi connectivity index (χ4v) is 2.15. The summed E-state index contributed by atoms with van der Waals surface area (Å²) in [4.78, 5) is 4.04. The minimum absolute atomic E-state index is 0.0160. The van der Waals surface area contributed by atoms with Gasteiger partial charge in [-0.3, -0.25) is 4.98 Å². The fraction of sp³-hybridized carbons (Fsp3) is 0.545. The average molecular weight is 225 g/mol. The largest absolute Gasteiger partial charge is 0.398 e. The SMILES string of the molecule is CCC(C)SCC(N)c1cnccc1N. The number of anilines is 1. The Kier molecular flexibility index (Phi) is 4.91. The van der Waals surface area contributed by atoms with E-state index in [-0.39, 0.29) is 6.04 Å². The van der Waals surface area contributed by atoms with Gasteiger partial charge in [-0.2, -0.15) is 11.8 Å². The van der Waals surface area contributed by atoms with E-state index in [9.17, 15) is 0 Å². The molecule has 1 aromatic rings. The molecule has 0 amide bonds. The van der Waals surface area contributed by atoms with Crippen molar-refractivity contribution in [2.45, 2.75) is 31.6 Å². The van der Waals surface area contributed by atoms with Gasteiger partial charge in [0.1, 0.15) is 0 Å². The second kappa shape index (κ2) is 5.98. The standard InChI is InChI=1S/C11H19N3S/c1-3-8(2)15-7-11(13)9-6-14-5-4-10(9)12/h4-6,8,11H,3,7,13H2,1-2H3,(H2,12,14). The molecular weight excluding hydrogens is 206 g/mol. The Morgan fingerprint density at radius 3 is 2.87 bits per heavy atom. The van der Waals surface area contributed by atoms with E-state index in [0.717, 1.165) is 17.0 Å². The van der Waals surface area contributed by atoms with Crippen LogP contribution in [0, 0.1) is 0 Å². The van der Waals surface area contributed by atoms with Crippen LogP contribution in [0.2, 0.25) is 0 Å². The Bertz CT molecular complexity index is 304. The molecule has 0 bridgehead atoms. The molecule has 84 valence electrons. The molecule has 0 aliphatic rings. The third-order valence-electron chi connectivity index (χ3n) is 2.42. The number of rotatable bonds is 5. The normalized spacial score (nSPS) is 14.9. The lowest BCUT2D eigenvalue weighted by atomic mass is 10.1. The maximum Gasteiger partial charge on any atom is 0.0422 e. The highest BCUT2D eigenvalue weighted by molar-refractivity contribution is 7.99. The van der Waals surface area contributed by atoms with Crippen LogP contribution in [0.1, 0.15) is 31.9 Å². The molecule has 15 heavy (non-hydrogen) atoms. The van der Waals surface area contributed by atoms with Crippen molar-refractivity contribution < 1.29 is 0 Å². The molecule has 0 radical (unpaired) electrons. The molecule has 0 spiro atoms. The quantitative estimate of drug-likeness (QED) is 0.806. The van der Waals surface area contributed by atoms with Gasteiger partial charge in [0.05, 0.1) is 0 Å². The molecule has 2 atom stereocenters. The number of aromatic nitrogens is 1. The van der Waals surface area contributed by atoms with Gasteiger partial charge in [0.2, 0.25) is 0 Å². The van der Waals surface area contributed by atoms with Gasteiger partial charge >= 0.3 is 0 Å². The first-order chi connectivity index (χ1) is 7.15. The van der Waals surface area contributed by atoms with Gasteiger partial charge in [-0.25, -0.2) is 0 Å². The summed E-state index contributed by atoms with van der Waals surface area (Å²) in [6.45, 7) is 4.39. The highest BCUT2D eigenvalue weighted by atomic mass is 32.2. The molecule has 4 heteroatoms. The lowest BCUT2D eigenvalue weighted by molar-refractivity contribution is 0.818. The van der Waals surface area contributed by atoms with Crippen LogP contribution in [0.25, 0.3) is 0 Å². The first kappa shape index (κ1) is 12.3. The van der Waals surface area contributed by atoms with Gasteiger partial charge in [0.15, 0.2) is 0 Å². The van der Waals surface area contributed by atoms with E-state index in [4.69, 9.17) is 11.5 Å². The van der Waals surface area contributed by atoms with Gasteiger partial charge in [0, 0.05) is 40.7 Å². The summed E-state index contributed by atoms with van der Waals surface area (Å²) in [6.07, 6.45) is 4.62. The summed E-state index contributed by atoms with van der Waals surface area (Å²) in [5.74, 6) is 0.894. The van der Waals surface area contributed by atoms with Crippen LogP contribution in [0.5, 0.6) is 0 Å². The molecule has 0 aliphatic heterocycles. The zero-order valence-electron chi connectivity index (χ0n) is 9.31. The number of pyridine rings is 1. The van der Waals surface area contributed by atoms with Crippen molar-refractivity contribution in [3.8, 4) is 0 Å². The molecule has 0 aromatic carbocycles. The van der Waals surface area contributed by atoms with E-state index >= 15 is 0 Å². The Labute approximate surface area is 95.6 Å². The van der Waals surface area contributed by atoms with Crippen LogP contribution >= 0.6 is 11.8 Å². The van der Waals surface area contributed by atoms with E-state index in [0.29, 0.717) is 5.25 Å². The highest BCUT2D eigenvalue weighted by Gasteiger charge is 2.11. The van der Waals surface area contributed by atoms with Crippen molar-refractivity contribution in [3.63, 3.8) is 0 Å². The highest BCUT2D eigenvalue weighted by Crippen LogP contribution is 2.23. The smallest absolute Gasteiger partial charge is 0.0422 e. The monoisotopic (exact) mass is 225 g/mol. The fourth-order valence-electron chi connectivity index (χ4n) is 1.20. The summed E-state index contributed by atoms with van der Waals surface area (Å²) < 4.78 is 0. The van der Waals surface area contributed by atoms with Gasteiger partial charge in [-0.1, -0.05) is 13.8 Å². The number of thioether (sulfide) groups is 1. The topological polar surface area (TPSA) is 64.9 Å². The third kappa shape index (κ3) is 3.72. The van der Waals surface area contributed by atoms with Crippen molar-refractivity contribution in [2.24, 2.45) is 5.73 Å². The number of nitrogens with two attached hydrogens (primary N) is 2. The zero-order valence-corrected chi connectivity index (χ0v) is 10.1. The van der Waals surface area contributed by atoms with Crippen LogP contribution in [-0.4, -0.2) is 16.0 Å². The Balaban J connectivity index is 2.54. The lowest BCUT2D eigenvalue weighted by Crippen LogP contribution is -2.16. The lowest BCUT2D eigenvalue weighted by Gasteiger charge is -2.15. The van der Waals surface area contributed by atoms with E-state index < -0.39 is 0 Å². The minimum atomic E-state index is -0.0160. The number of nitrogens with zero attached hydrogens (tertiary/aromatic N) is 1. The van der Waals surface area contributed by atoms with Crippen LogP contribution < -0.4 is 11.5 Å². The van der Waals surface area contributed by atoms with Crippen molar-refractivity contribution in [3.05, 3.63) is 24.0 Å². The van der Waals surface area contributed by atoms with E-state index in [1.165, 1.54) is 6.42 Å². The second-order valence-corrected chi connectivity index (χ2v) is 5.13. The van der Waals surface area contributed by atoms with E-state index in [1.54, 1.807) is 18.5 Å². The molecule has 0 saturated carbocycles. The summed E-state index contributed by atoms with van der Waals surface area (Å²) in [6, 6.07) is 1.78. The molecule has 0 saturated heterocycles. The predicted octanol–water partition coefficient (Wildman–Crippen LogP) is 2.20. The van der Waals surface area contributed by atoms with Crippen molar-refractivity contribution in [1.82, 2.24) is 4.98 Å². The first-order valence-electron chi connectivity index (χ1n) is 5.21. The van der Waals surface area contributed by atoms with Crippen molar-refractivity contribution in [1.29, 1.82) is 0 Å². The summed E-state index contributed by atoms with van der Waals surface area (Å²) >= 11 is 1.88. The molecule has 1 rings (SSSR count). The van der Waals surface area contributed by atoms with Gasteiger partial charge < -0.3 is 11.5 Å². The summed E-state index contributed by atoms with van der Waals surface area (Å²) in [5.41, 5.74) is 13.6. The van der Waals surface area contributed by atoms with Crippen molar-refractivity contribution in [2.75, 3.05) is 11.5 Å². The average Bonchev–Trinajstić information content (AvgIpc) is 2.26. The molecule has 0 aliphatic carbocycles. The molecule has 4 N–H and O–H groups in total. The van der Waals surface area contributed by atoms with E-state index in [1.807, 2.05) is 11.8 Å². The number of hydrogen-bond acceptors (Lipinski definition) is 4. The zero-order chi connectivity index (χ0) is 11.3. The molecule has 3 nitrogen and oxygen atoms in total. The Hall–Kier alpha value is -0.740. The maximum atomic E-state index is 6.06. The summed E-state index contributed by atoms with van der Waals surface area (Å²) in [7, 11) is 0. The Morgan fingerprint density at radius 1 is 1.53 bits per heavy atom. The van der Waals surface area contributed by atoms with Crippen molar-refractivity contribution >= 4 is 17.4 Å². The number of nitrogen functional groups attached to an aromatic ring is 1. The minimum Gasteiger partial charge on any atom is -0.398 e. The van der Waals surface area contributed by atoms with Crippen LogP contribution in [0.4, 0.5) is 5.69 Å². The Morgan fingerprint density at radius 2 is 2.27 bits per heavy atom. The second-order valence-electron chi connectivity index (χ2n) is 3.66. The maximum absolute atomic E-state index is 6.06. The third-order valence-corrected chi connectivity index (χ3v) is 3.88. The van der Waals surface area contributed by atoms with Crippen LogP contribution in [-0.2, 0) is 0 Å². The van der Waals surface area contributed by atoms with Crippen LogP contribution in [0.15, 0.2) is 18.5 Å². The van der Waals surface area contributed by atoms with Crippen LogP contribution in [0.3, 0.4) is 0 Å². The number of hydrogen-bond donors (Lipinski definition) is 2. The molecular formula is C11H19N3S. The van der Waals surface area contributed by atoms with Gasteiger partial charge in [-0.15, -0.1) is 0 Å². The van der Waals surface area contributed by atoms with Gasteiger partial charge in [-0.05, 0) is 12.5 Å². The molecule has 1 heterocycles. The van der Waals surface area contributed by atoms with Gasteiger partial charge in [0.25, 0.3) is 0 Å². The predicted molar refractivity (Wildman–Crippen MR) is 67.8 cm³/mol. The van der Waals surface area contributed by atoms with E-state index in [2.05, 4.69) is 18.8 Å².